The molecule has 0 heterocycles. The molecule has 1 atom stereocenters. The zero-order chi connectivity index (χ0) is 13.3. The molecule has 0 spiro atoms. The Balaban J connectivity index is 2.46. The van der Waals surface area contributed by atoms with E-state index in [0.717, 1.165) is 26.7 Å². The largest absolute Gasteiger partial charge is 0.384 e. The van der Waals surface area contributed by atoms with Crippen molar-refractivity contribution >= 4 is 27.5 Å². The van der Waals surface area contributed by atoms with Gasteiger partial charge in [-0.1, -0.05) is 45.7 Å². The van der Waals surface area contributed by atoms with Crippen LogP contribution in [0.1, 0.15) is 28.4 Å². The average Bonchev–Trinajstić information content (AvgIpc) is 2.33. The van der Waals surface area contributed by atoms with Crippen LogP contribution >= 0.6 is 27.5 Å². The Kier molecular flexibility index (Phi) is 4.10. The van der Waals surface area contributed by atoms with Crippen LogP contribution in [0.2, 0.25) is 5.02 Å². The highest BCUT2D eigenvalue weighted by Crippen LogP contribution is 2.31. The molecule has 0 amide bonds. The van der Waals surface area contributed by atoms with Crippen molar-refractivity contribution < 1.29 is 5.11 Å². The lowest BCUT2D eigenvalue weighted by Crippen LogP contribution is -2.01. The van der Waals surface area contributed by atoms with E-state index in [0.29, 0.717) is 5.02 Å². The van der Waals surface area contributed by atoms with E-state index in [1.807, 2.05) is 50.2 Å². The molecule has 1 nitrogen and oxygen atoms in total. The van der Waals surface area contributed by atoms with Crippen LogP contribution in [0.3, 0.4) is 0 Å². The Labute approximate surface area is 121 Å². The second-order valence-electron chi connectivity index (χ2n) is 4.42. The third-order valence-corrected chi connectivity index (χ3v) is 3.89. The first-order chi connectivity index (χ1) is 8.49. The minimum absolute atomic E-state index is 0.602. The number of hydrogen-bond acceptors (Lipinski definition) is 1. The first-order valence-electron chi connectivity index (χ1n) is 5.69. The van der Waals surface area contributed by atoms with Crippen molar-refractivity contribution in [2.24, 2.45) is 0 Å². The summed E-state index contributed by atoms with van der Waals surface area (Å²) < 4.78 is 0.944. The highest BCUT2D eigenvalue weighted by molar-refractivity contribution is 9.10. The molecule has 1 unspecified atom stereocenters. The highest BCUT2D eigenvalue weighted by Gasteiger charge is 2.15. The summed E-state index contributed by atoms with van der Waals surface area (Å²) in [5.74, 6) is 0. The zero-order valence-electron chi connectivity index (χ0n) is 10.2. The van der Waals surface area contributed by atoms with Gasteiger partial charge in [-0.05, 0) is 48.7 Å². The van der Waals surface area contributed by atoms with Gasteiger partial charge in [0.05, 0.1) is 0 Å². The molecule has 94 valence electrons. The average molecular weight is 326 g/mol. The Bertz CT molecular complexity index is 581. The van der Waals surface area contributed by atoms with Crippen LogP contribution in [0.15, 0.2) is 40.9 Å². The molecule has 2 aromatic rings. The van der Waals surface area contributed by atoms with Crippen LogP contribution in [0.25, 0.3) is 0 Å². The SMILES string of the molecule is Cc1cc(Cl)c(C(O)c2cccc(Br)c2)cc1C. The molecule has 0 radical (unpaired) electrons. The zero-order valence-corrected chi connectivity index (χ0v) is 12.6. The Morgan fingerprint density at radius 3 is 2.44 bits per heavy atom. The number of aliphatic hydroxyl groups excluding tert-OH is 1. The smallest absolute Gasteiger partial charge is 0.106 e. The molecule has 1 N–H and O–H groups in total. The number of rotatable bonds is 2. The molecule has 0 aliphatic heterocycles. The second kappa shape index (κ2) is 5.43. The normalized spacial score (nSPS) is 12.5. The lowest BCUT2D eigenvalue weighted by Gasteiger charge is -2.15. The van der Waals surface area contributed by atoms with Gasteiger partial charge in [0, 0.05) is 15.1 Å². The van der Waals surface area contributed by atoms with E-state index in [9.17, 15) is 5.11 Å². The highest BCUT2D eigenvalue weighted by atomic mass is 79.9. The van der Waals surface area contributed by atoms with E-state index in [1.165, 1.54) is 0 Å². The summed E-state index contributed by atoms with van der Waals surface area (Å²) in [4.78, 5) is 0. The van der Waals surface area contributed by atoms with Crippen LogP contribution in [-0.4, -0.2) is 5.11 Å². The van der Waals surface area contributed by atoms with Gasteiger partial charge in [0.1, 0.15) is 6.10 Å². The van der Waals surface area contributed by atoms with Crippen LogP contribution in [0, 0.1) is 13.8 Å². The van der Waals surface area contributed by atoms with Crippen LogP contribution < -0.4 is 0 Å². The summed E-state index contributed by atoms with van der Waals surface area (Å²) in [7, 11) is 0. The summed E-state index contributed by atoms with van der Waals surface area (Å²) in [5.41, 5.74) is 3.83. The van der Waals surface area contributed by atoms with Gasteiger partial charge in [0.25, 0.3) is 0 Å². The molecule has 18 heavy (non-hydrogen) atoms. The fraction of sp³-hybridized carbons (Fsp3) is 0.200. The van der Waals surface area contributed by atoms with Crippen molar-refractivity contribution in [2.45, 2.75) is 20.0 Å². The molecular weight excluding hydrogens is 312 g/mol. The summed E-state index contributed by atoms with van der Waals surface area (Å²) in [6.07, 6.45) is -0.700. The first kappa shape index (κ1) is 13.6. The minimum atomic E-state index is -0.700. The topological polar surface area (TPSA) is 20.2 Å². The fourth-order valence-corrected chi connectivity index (χ4v) is 2.61. The number of halogens is 2. The minimum Gasteiger partial charge on any atom is -0.384 e. The summed E-state index contributed by atoms with van der Waals surface area (Å²) in [6.45, 7) is 4.03. The van der Waals surface area contributed by atoms with Crippen molar-refractivity contribution in [1.29, 1.82) is 0 Å². The van der Waals surface area contributed by atoms with Crippen LogP contribution in [-0.2, 0) is 0 Å². The van der Waals surface area contributed by atoms with E-state index in [4.69, 9.17) is 11.6 Å². The maximum absolute atomic E-state index is 10.4. The van der Waals surface area contributed by atoms with Crippen LogP contribution in [0.4, 0.5) is 0 Å². The third-order valence-electron chi connectivity index (χ3n) is 3.07. The lowest BCUT2D eigenvalue weighted by atomic mass is 9.98. The van der Waals surface area contributed by atoms with Gasteiger partial charge in [-0.15, -0.1) is 0 Å². The van der Waals surface area contributed by atoms with E-state index < -0.39 is 6.10 Å². The van der Waals surface area contributed by atoms with E-state index >= 15 is 0 Å². The summed E-state index contributed by atoms with van der Waals surface area (Å²) in [5, 5.41) is 11.0. The molecular formula is C15H14BrClO. The number of aliphatic hydroxyl groups is 1. The standard InChI is InChI=1S/C15H14BrClO/c1-9-6-13(14(17)7-10(9)2)15(18)11-4-3-5-12(16)8-11/h3-8,15,18H,1-2H3. The Morgan fingerprint density at radius 2 is 1.78 bits per heavy atom. The molecule has 2 rings (SSSR count). The van der Waals surface area contributed by atoms with Gasteiger partial charge in [-0.2, -0.15) is 0 Å². The Hall–Kier alpha value is -0.830. The van der Waals surface area contributed by atoms with Crippen molar-refractivity contribution in [2.75, 3.05) is 0 Å². The van der Waals surface area contributed by atoms with Gasteiger partial charge in [-0.3, -0.25) is 0 Å². The number of benzene rings is 2. The number of hydrogen-bond donors (Lipinski definition) is 1. The molecule has 0 saturated heterocycles. The summed E-state index contributed by atoms with van der Waals surface area (Å²) in [6, 6.07) is 11.5. The van der Waals surface area contributed by atoms with Gasteiger partial charge in [0.2, 0.25) is 0 Å². The van der Waals surface area contributed by atoms with Crippen molar-refractivity contribution in [1.82, 2.24) is 0 Å². The van der Waals surface area contributed by atoms with Gasteiger partial charge in [0.15, 0.2) is 0 Å². The van der Waals surface area contributed by atoms with Gasteiger partial charge < -0.3 is 5.11 Å². The third kappa shape index (κ3) is 2.77. The maximum atomic E-state index is 10.4. The van der Waals surface area contributed by atoms with Gasteiger partial charge in [-0.25, -0.2) is 0 Å². The molecule has 3 heteroatoms. The molecule has 2 aromatic carbocycles. The predicted molar refractivity (Wildman–Crippen MR) is 79.1 cm³/mol. The second-order valence-corrected chi connectivity index (χ2v) is 5.74. The molecule has 0 fully saturated rings. The summed E-state index contributed by atoms with van der Waals surface area (Å²) >= 11 is 9.62. The van der Waals surface area contributed by atoms with Crippen molar-refractivity contribution in [3.8, 4) is 0 Å². The fourth-order valence-electron chi connectivity index (χ4n) is 1.87. The van der Waals surface area contributed by atoms with Crippen molar-refractivity contribution in [3.63, 3.8) is 0 Å². The van der Waals surface area contributed by atoms with E-state index in [1.54, 1.807) is 0 Å². The molecule has 0 saturated carbocycles. The molecule has 0 aliphatic carbocycles. The quantitative estimate of drug-likeness (QED) is 0.841. The first-order valence-corrected chi connectivity index (χ1v) is 6.86. The maximum Gasteiger partial charge on any atom is 0.106 e. The molecule has 0 aliphatic rings. The predicted octanol–water partition coefficient (Wildman–Crippen LogP) is 4.80. The monoisotopic (exact) mass is 324 g/mol. The van der Waals surface area contributed by atoms with E-state index in [-0.39, 0.29) is 0 Å². The number of aryl methyl sites for hydroxylation is 2. The van der Waals surface area contributed by atoms with Crippen LogP contribution in [0.5, 0.6) is 0 Å². The van der Waals surface area contributed by atoms with E-state index in [2.05, 4.69) is 15.9 Å². The molecule has 0 bridgehead atoms. The lowest BCUT2D eigenvalue weighted by molar-refractivity contribution is 0.220. The Morgan fingerprint density at radius 1 is 1.11 bits per heavy atom. The van der Waals surface area contributed by atoms with Gasteiger partial charge >= 0.3 is 0 Å². The van der Waals surface area contributed by atoms with Crippen molar-refractivity contribution in [3.05, 3.63) is 68.1 Å². The molecule has 0 aromatic heterocycles.